The van der Waals surface area contributed by atoms with Crippen LogP contribution in [0.15, 0.2) is 18.3 Å². The lowest BCUT2D eigenvalue weighted by Gasteiger charge is -2.23. The molecular formula is C17H20FN5O. The Morgan fingerprint density at radius 1 is 1.50 bits per heavy atom. The molecule has 1 amide bonds. The number of aromatic amines is 1. The molecule has 6 nitrogen and oxygen atoms in total. The van der Waals surface area contributed by atoms with Gasteiger partial charge in [0.1, 0.15) is 11.3 Å². The molecule has 3 heterocycles. The van der Waals surface area contributed by atoms with Crippen LogP contribution in [0.25, 0.3) is 16.7 Å². The Bertz CT molecular complexity index is 959. The second kappa shape index (κ2) is 5.04. The van der Waals surface area contributed by atoms with Crippen molar-refractivity contribution in [3.05, 3.63) is 35.3 Å². The van der Waals surface area contributed by atoms with Crippen LogP contribution in [0.1, 0.15) is 36.2 Å². The van der Waals surface area contributed by atoms with Gasteiger partial charge < -0.3 is 10.6 Å². The van der Waals surface area contributed by atoms with Gasteiger partial charge in [0.05, 0.1) is 11.1 Å². The number of carbonyl (C=O) groups excluding carboxylic acids is 1. The summed E-state index contributed by atoms with van der Waals surface area (Å²) in [6.45, 7) is 7.40. The molecule has 1 atom stereocenters. The van der Waals surface area contributed by atoms with E-state index in [1.807, 2.05) is 6.20 Å². The third kappa shape index (κ3) is 2.04. The molecule has 0 radical (unpaired) electrons. The number of hydrogen-bond donors (Lipinski definition) is 2. The number of benzene rings is 1. The fraction of sp³-hybridized carbons (Fsp3) is 0.412. The maximum Gasteiger partial charge on any atom is 0.251 e. The van der Waals surface area contributed by atoms with Crippen LogP contribution in [0.2, 0.25) is 0 Å². The van der Waals surface area contributed by atoms with E-state index in [2.05, 4.69) is 28.8 Å². The van der Waals surface area contributed by atoms with Crippen molar-refractivity contribution in [1.82, 2.24) is 19.5 Å². The van der Waals surface area contributed by atoms with Gasteiger partial charge in [-0.25, -0.2) is 13.9 Å². The highest BCUT2D eigenvalue weighted by atomic mass is 19.1. The lowest BCUT2D eigenvalue weighted by atomic mass is 9.83. The molecule has 0 bridgehead atoms. The molecule has 1 aliphatic rings. The smallest absolute Gasteiger partial charge is 0.251 e. The Morgan fingerprint density at radius 2 is 2.29 bits per heavy atom. The van der Waals surface area contributed by atoms with Gasteiger partial charge in [0.2, 0.25) is 0 Å². The van der Waals surface area contributed by atoms with Crippen molar-refractivity contribution in [2.24, 2.45) is 5.73 Å². The molecule has 1 saturated heterocycles. The summed E-state index contributed by atoms with van der Waals surface area (Å²) >= 11 is 0. The molecule has 1 aromatic carbocycles. The average Bonchev–Trinajstić information content (AvgIpc) is 3.19. The highest BCUT2D eigenvalue weighted by molar-refractivity contribution is 6.05. The van der Waals surface area contributed by atoms with Crippen molar-refractivity contribution in [2.45, 2.75) is 25.7 Å². The molecule has 1 aliphatic heterocycles. The molecule has 0 saturated carbocycles. The van der Waals surface area contributed by atoms with Gasteiger partial charge in [0, 0.05) is 29.8 Å². The zero-order valence-corrected chi connectivity index (χ0v) is 13.8. The Labute approximate surface area is 138 Å². The lowest BCUT2D eigenvalue weighted by Crippen LogP contribution is -2.28. The summed E-state index contributed by atoms with van der Waals surface area (Å²) in [5.74, 6) is -1.18. The van der Waals surface area contributed by atoms with Gasteiger partial charge in [-0.15, -0.1) is 0 Å². The van der Waals surface area contributed by atoms with Gasteiger partial charge in [0.15, 0.2) is 5.65 Å². The highest BCUT2D eigenvalue weighted by Crippen LogP contribution is 2.37. The van der Waals surface area contributed by atoms with Crippen molar-refractivity contribution >= 4 is 22.6 Å². The van der Waals surface area contributed by atoms with Crippen LogP contribution in [0, 0.1) is 5.82 Å². The summed E-state index contributed by atoms with van der Waals surface area (Å²) in [4.78, 5) is 18.7. The van der Waals surface area contributed by atoms with Crippen molar-refractivity contribution in [2.75, 3.05) is 19.6 Å². The summed E-state index contributed by atoms with van der Waals surface area (Å²) < 4.78 is 15.5. The van der Waals surface area contributed by atoms with Crippen LogP contribution in [0.3, 0.4) is 0 Å². The predicted octanol–water partition coefficient (Wildman–Crippen LogP) is 2.04. The molecule has 0 spiro atoms. The molecule has 126 valence electrons. The van der Waals surface area contributed by atoms with E-state index < -0.39 is 11.7 Å². The van der Waals surface area contributed by atoms with E-state index in [1.54, 1.807) is 4.52 Å². The SMILES string of the molecule is CCN1CCC(C)(c2c[nH]n3c2nc2cc(F)cc(C(N)=O)c23)C1. The number of nitrogens with zero attached hydrogens (tertiary/aromatic N) is 3. The number of hydrogen-bond acceptors (Lipinski definition) is 3. The lowest BCUT2D eigenvalue weighted by molar-refractivity contribution is 0.100. The van der Waals surface area contributed by atoms with Gasteiger partial charge in [-0.3, -0.25) is 9.89 Å². The molecular weight excluding hydrogens is 309 g/mol. The Morgan fingerprint density at radius 3 is 2.96 bits per heavy atom. The maximum absolute atomic E-state index is 13.8. The van der Waals surface area contributed by atoms with Gasteiger partial charge in [-0.1, -0.05) is 13.8 Å². The van der Waals surface area contributed by atoms with Crippen LogP contribution in [-0.2, 0) is 5.41 Å². The normalized spacial score (nSPS) is 22.0. The van der Waals surface area contributed by atoms with E-state index in [4.69, 9.17) is 5.73 Å². The number of aromatic nitrogens is 3. The number of likely N-dealkylation sites (tertiary alicyclic amines) is 1. The monoisotopic (exact) mass is 329 g/mol. The third-order valence-electron chi connectivity index (χ3n) is 5.21. The van der Waals surface area contributed by atoms with E-state index in [1.165, 1.54) is 6.07 Å². The molecule has 2 aromatic heterocycles. The number of nitrogens with one attached hydrogen (secondary N) is 1. The number of nitrogens with two attached hydrogens (primary N) is 1. The Kier molecular flexibility index (Phi) is 3.18. The minimum absolute atomic E-state index is 0.0237. The number of amides is 1. The number of primary amides is 1. The zero-order valence-electron chi connectivity index (χ0n) is 13.8. The summed E-state index contributed by atoms with van der Waals surface area (Å²) in [5.41, 5.74) is 8.32. The molecule has 4 rings (SSSR count). The maximum atomic E-state index is 13.8. The van der Waals surface area contributed by atoms with Crippen LogP contribution < -0.4 is 5.73 Å². The zero-order chi connectivity index (χ0) is 17.1. The molecule has 1 unspecified atom stereocenters. The van der Waals surface area contributed by atoms with E-state index in [9.17, 15) is 9.18 Å². The Hall–Kier alpha value is -2.41. The predicted molar refractivity (Wildman–Crippen MR) is 89.6 cm³/mol. The first-order valence-electron chi connectivity index (χ1n) is 8.14. The van der Waals surface area contributed by atoms with Gasteiger partial charge >= 0.3 is 0 Å². The number of halogens is 1. The largest absolute Gasteiger partial charge is 0.366 e. The quantitative estimate of drug-likeness (QED) is 0.772. The number of fused-ring (bicyclic) bond motifs is 3. The first kappa shape index (κ1) is 15.1. The molecule has 7 heteroatoms. The first-order valence-corrected chi connectivity index (χ1v) is 8.14. The van der Waals surface area contributed by atoms with E-state index in [0.29, 0.717) is 11.0 Å². The highest BCUT2D eigenvalue weighted by Gasteiger charge is 2.37. The molecule has 3 N–H and O–H groups in total. The van der Waals surface area contributed by atoms with Gasteiger partial charge in [0.25, 0.3) is 5.91 Å². The summed E-state index contributed by atoms with van der Waals surface area (Å²) in [5, 5.41) is 3.17. The number of H-pyrrole nitrogens is 1. The summed E-state index contributed by atoms with van der Waals surface area (Å²) in [6.07, 6.45) is 2.98. The van der Waals surface area contributed by atoms with Crippen LogP contribution in [0.5, 0.6) is 0 Å². The van der Waals surface area contributed by atoms with Crippen LogP contribution >= 0.6 is 0 Å². The standard InChI is InChI=1S/C17H20FN5O/c1-3-22-5-4-17(2,9-22)12-8-20-23-14-11(15(19)24)6-10(18)7-13(14)21-16(12)23/h6-8,20H,3-5,9H2,1-2H3,(H2,19,24). The van der Waals surface area contributed by atoms with Crippen molar-refractivity contribution in [3.8, 4) is 0 Å². The number of carbonyl (C=O) groups is 1. The van der Waals surface area contributed by atoms with E-state index in [-0.39, 0.29) is 11.0 Å². The summed E-state index contributed by atoms with van der Waals surface area (Å²) in [6, 6.07) is 2.50. The fourth-order valence-electron chi connectivity index (χ4n) is 3.85. The van der Waals surface area contributed by atoms with Crippen molar-refractivity contribution in [1.29, 1.82) is 0 Å². The topological polar surface area (TPSA) is 79.4 Å². The molecule has 0 aliphatic carbocycles. The van der Waals surface area contributed by atoms with Gasteiger partial charge in [-0.05, 0) is 25.6 Å². The van der Waals surface area contributed by atoms with Crippen molar-refractivity contribution in [3.63, 3.8) is 0 Å². The van der Waals surface area contributed by atoms with Crippen LogP contribution in [0.4, 0.5) is 4.39 Å². The van der Waals surface area contributed by atoms with Crippen LogP contribution in [-0.4, -0.2) is 45.0 Å². The van der Waals surface area contributed by atoms with Crippen molar-refractivity contribution < 1.29 is 9.18 Å². The number of imidazole rings is 1. The average molecular weight is 329 g/mol. The molecule has 1 fully saturated rings. The second-order valence-electron chi connectivity index (χ2n) is 6.82. The first-order chi connectivity index (χ1) is 11.4. The van der Waals surface area contributed by atoms with Gasteiger partial charge in [-0.2, -0.15) is 0 Å². The number of rotatable bonds is 3. The minimum Gasteiger partial charge on any atom is -0.366 e. The number of likely N-dealkylation sites (N-methyl/N-ethyl adjacent to an activating group) is 1. The Balaban J connectivity index is 1.95. The minimum atomic E-state index is -0.665. The fourth-order valence-corrected chi connectivity index (χ4v) is 3.85. The molecule has 3 aromatic rings. The van der Waals surface area contributed by atoms with E-state index >= 15 is 0 Å². The molecule has 24 heavy (non-hydrogen) atoms. The third-order valence-corrected chi connectivity index (χ3v) is 5.21. The van der Waals surface area contributed by atoms with E-state index in [0.717, 1.165) is 43.3 Å². The second-order valence-corrected chi connectivity index (χ2v) is 6.82. The summed E-state index contributed by atoms with van der Waals surface area (Å²) in [7, 11) is 0.